The number of fused-ring (bicyclic) bond motifs is 3. The molecule has 160 valence electrons. The lowest BCUT2D eigenvalue weighted by Gasteiger charge is -2.31. The fourth-order valence-corrected chi connectivity index (χ4v) is 4.72. The summed E-state index contributed by atoms with van der Waals surface area (Å²) in [5.74, 6) is -0.463. The number of nitrogens with one attached hydrogen (secondary N) is 3. The van der Waals surface area contributed by atoms with Gasteiger partial charge in [0.1, 0.15) is 0 Å². The van der Waals surface area contributed by atoms with Crippen molar-refractivity contribution in [2.75, 3.05) is 20.2 Å². The number of rotatable bonds is 3. The van der Waals surface area contributed by atoms with Crippen LogP contribution in [0.1, 0.15) is 33.2 Å². The van der Waals surface area contributed by atoms with E-state index in [9.17, 15) is 9.59 Å². The largest absolute Gasteiger partial charge is 0.465 e. The van der Waals surface area contributed by atoms with Crippen LogP contribution in [0.4, 0.5) is 0 Å². The SMILES string of the molecule is COC(=O)c1ccc2[nH]c3c(c2c1)CN(C(=O)C1CNNC1c1ccc(Cl)cc1)CC3. The lowest BCUT2D eigenvalue weighted by Crippen LogP contribution is -2.42. The number of amides is 1. The van der Waals surface area contributed by atoms with Crippen molar-refractivity contribution in [1.82, 2.24) is 20.7 Å². The maximum Gasteiger partial charge on any atom is 0.337 e. The van der Waals surface area contributed by atoms with E-state index in [1.54, 1.807) is 6.07 Å². The third-order valence-corrected chi connectivity index (χ3v) is 6.49. The minimum atomic E-state index is -0.366. The fraction of sp³-hybridized carbons (Fsp3) is 0.304. The Kier molecular flexibility index (Phi) is 5.17. The third-order valence-electron chi connectivity index (χ3n) is 6.24. The summed E-state index contributed by atoms with van der Waals surface area (Å²) in [5, 5.41) is 1.64. The van der Waals surface area contributed by atoms with E-state index in [-0.39, 0.29) is 23.8 Å². The van der Waals surface area contributed by atoms with Gasteiger partial charge in [0.05, 0.1) is 24.6 Å². The number of H-pyrrole nitrogens is 1. The molecular weight excluding hydrogens is 416 g/mol. The summed E-state index contributed by atoms with van der Waals surface area (Å²) in [6.07, 6.45) is 0.752. The first-order valence-corrected chi connectivity index (χ1v) is 10.7. The third kappa shape index (κ3) is 3.59. The zero-order valence-electron chi connectivity index (χ0n) is 17.1. The van der Waals surface area contributed by atoms with E-state index in [2.05, 4.69) is 15.8 Å². The first-order chi connectivity index (χ1) is 15.0. The predicted octanol–water partition coefficient (Wildman–Crippen LogP) is 2.96. The van der Waals surface area contributed by atoms with E-state index in [0.717, 1.165) is 34.1 Å². The monoisotopic (exact) mass is 438 g/mol. The van der Waals surface area contributed by atoms with Gasteiger partial charge in [-0.05, 0) is 35.9 Å². The normalized spacial score (nSPS) is 20.6. The second-order valence-electron chi connectivity index (χ2n) is 8.00. The molecule has 0 spiro atoms. The number of esters is 1. The molecule has 2 unspecified atom stereocenters. The average molecular weight is 439 g/mol. The summed E-state index contributed by atoms with van der Waals surface area (Å²) in [6, 6.07) is 13.0. The van der Waals surface area contributed by atoms with Crippen LogP contribution >= 0.6 is 11.6 Å². The average Bonchev–Trinajstić information content (AvgIpc) is 3.42. The Morgan fingerprint density at radius 2 is 1.97 bits per heavy atom. The molecule has 1 aromatic heterocycles. The summed E-state index contributed by atoms with van der Waals surface area (Å²) in [7, 11) is 1.38. The van der Waals surface area contributed by atoms with Gasteiger partial charge in [0.25, 0.3) is 0 Å². The van der Waals surface area contributed by atoms with E-state index in [1.807, 2.05) is 41.3 Å². The molecule has 2 aromatic carbocycles. The van der Waals surface area contributed by atoms with Gasteiger partial charge >= 0.3 is 5.97 Å². The van der Waals surface area contributed by atoms with Crippen LogP contribution in [0.5, 0.6) is 0 Å². The molecule has 1 amide bonds. The number of methoxy groups -OCH3 is 1. The molecule has 0 bridgehead atoms. The van der Waals surface area contributed by atoms with Crippen molar-refractivity contribution in [2.24, 2.45) is 5.92 Å². The Morgan fingerprint density at radius 1 is 1.16 bits per heavy atom. The Hall–Kier alpha value is -2.87. The van der Waals surface area contributed by atoms with Crippen LogP contribution in [-0.4, -0.2) is 42.0 Å². The lowest BCUT2D eigenvalue weighted by atomic mass is 9.92. The number of halogens is 1. The van der Waals surface area contributed by atoms with Gasteiger partial charge in [0, 0.05) is 53.2 Å². The minimum absolute atomic E-state index is 0.111. The molecule has 3 N–H and O–H groups in total. The molecular formula is C23H23ClN4O3. The second kappa shape index (κ2) is 8.00. The van der Waals surface area contributed by atoms with Crippen LogP contribution in [0.3, 0.4) is 0 Å². The van der Waals surface area contributed by atoms with Crippen molar-refractivity contribution in [2.45, 2.75) is 19.0 Å². The van der Waals surface area contributed by atoms with Crippen LogP contribution < -0.4 is 10.9 Å². The van der Waals surface area contributed by atoms with E-state index >= 15 is 0 Å². The molecule has 0 radical (unpaired) electrons. The number of nitrogens with zero attached hydrogens (tertiary/aromatic N) is 1. The maximum absolute atomic E-state index is 13.5. The lowest BCUT2D eigenvalue weighted by molar-refractivity contribution is -0.136. The van der Waals surface area contributed by atoms with Gasteiger partial charge in [-0.3, -0.25) is 10.2 Å². The molecule has 1 fully saturated rings. The maximum atomic E-state index is 13.5. The number of aromatic nitrogens is 1. The predicted molar refractivity (Wildman–Crippen MR) is 118 cm³/mol. The number of benzene rings is 2. The smallest absolute Gasteiger partial charge is 0.337 e. The van der Waals surface area contributed by atoms with Gasteiger partial charge in [-0.1, -0.05) is 23.7 Å². The molecule has 31 heavy (non-hydrogen) atoms. The van der Waals surface area contributed by atoms with Crippen molar-refractivity contribution >= 4 is 34.4 Å². The summed E-state index contributed by atoms with van der Waals surface area (Å²) < 4.78 is 4.86. The zero-order valence-corrected chi connectivity index (χ0v) is 17.8. The van der Waals surface area contributed by atoms with Crippen LogP contribution in [0.15, 0.2) is 42.5 Å². The number of ether oxygens (including phenoxy) is 1. The van der Waals surface area contributed by atoms with Crippen molar-refractivity contribution < 1.29 is 14.3 Å². The molecule has 8 heteroatoms. The Labute approximate surface area is 184 Å². The molecule has 2 atom stereocenters. The molecule has 0 aliphatic carbocycles. The Balaban J connectivity index is 1.41. The van der Waals surface area contributed by atoms with Crippen molar-refractivity contribution in [3.8, 4) is 0 Å². The quantitative estimate of drug-likeness (QED) is 0.547. The van der Waals surface area contributed by atoms with Gasteiger partial charge < -0.3 is 14.6 Å². The van der Waals surface area contributed by atoms with Crippen molar-refractivity contribution in [3.63, 3.8) is 0 Å². The van der Waals surface area contributed by atoms with Gasteiger partial charge in [0.2, 0.25) is 5.91 Å². The van der Waals surface area contributed by atoms with Gasteiger partial charge in [-0.2, -0.15) is 0 Å². The number of hydrazine groups is 1. The highest BCUT2D eigenvalue weighted by Gasteiger charge is 2.37. The van der Waals surface area contributed by atoms with E-state index in [0.29, 0.717) is 30.2 Å². The molecule has 0 saturated carbocycles. The molecule has 5 rings (SSSR count). The number of carbonyl (C=O) groups excluding carboxylic acids is 2. The molecule has 3 heterocycles. The van der Waals surface area contributed by atoms with E-state index in [4.69, 9.17) is 16.3 Å². The summed E-state index contributed by atoms with van der Waals surface area (Å²) in [4.78, 5) is 30.8. The van der Waals surface area contributed by atoms with E-state index in [1.165, 1.54) is 7.11 Å². The molecule has 1 saturated heterocycles. The first-order valence-electron chi connectivity index (χ1n) is 10.3. The van der Waals surface area contributed by atoms with E-state index < -0.39 is 0 Å². The first kappa shape index (κ1) is 20.1. The molecule has 7 nitrogen and oxygen atoms in total. The van der Waals surface area contributed by atoms with Crippen LogP contribution in [0.25, 0.3) is 10.9 Å². The van der Waals surface area contributed by atoms with Crippen molar-refractivity contribution in [3.05, 3.63) is 69.9 Å². The molecule has 2 aliphatic heterocycles. The van der Waals surface area contributed by atoms with Gasteiger partial charge in [-0.15, -0.1) is 0 Å². The number of hydrogen-bond acceptors (Lipinski definition) is 5. The highest BCUT2D eigenvalue weighted by molar-refractivity contribution is 6.30. The Morgan fingerprint density at radius 3 is 2.74 bits per heavy atom. The number of hydrogen-bond donors (Lipinski definition) is 3. The number of carbonyl (C=O) groups is 2. The van der Waals surface area contributed by atoms with Gasteiger partial charge in [-0.25, -0.2) is 10.2 Å². The van der Waals surface area contributed by atoms with Crippen LogP contribution in [0.2, 0.25) is 5.02 Å². The highest BCUT2D eigenvalue weighted by Crippen LogP contribution is 2.32. The summed E-state index contributed by atoms with van der Waals surface area (Å²) in [6.45, 7) is 1.74. The standard InChI is InChI=1S/C23H23ClN4O3/c1-31-23(30)14-4-7-19-16(10-14)18-12-28(9-8-20(18)26-19)22(29)17-11-25-27-21(17)13-2-5-15(24)6-3-13/h2-7,10,17,21,25-27H,8-9,11-12H2,1H3. The minimum Gasteiger partial charge on any atom is -0.465 e. The second-order valence-corrected chi connectivity index (χ2v) is 8.44. The highest BCUT2D eigenvalue weighted by atomic mass is 35.5. The fourth-order valence-electron chi connectivity index (χ4n) is 4.59. The topological polar surface area (TPSA) is 86.5 Å². The number of aromatic amines is 1. The summed E-state index contributed by atoms with van der Waals surface area (Å²) >= 11 is 6.02. The zero-order chi connectivity index (χ0) is 21.5. The molecule has 3 aromatic rings. The van der Waals surface area contributed by atoms with Crippen LogP contribution in [0, 0.1) is 5.92 Å². The van der Waals surface area contributed by atoms with Crippen LogP contribution in [-0.2, 0) is 22.5 Å². The summed E-state index contributed by atoms with van der Waals surface area (Å²) in [5.41, 5.74) is 11.1. The Bertz CT molecular complexity index is 1160. The van der Waals surface area contributed by atoms with Gasteiger partial charge in [0.15, 0.2) is 0 Å². The molecule has 2 aliphatic rings. The van der Waals surface area contributed by atoms with Crippen molar-refractivity contribution in [1.29, 1.82) is 0 Å².